The first-order valence-corrected chi connectivity index (χ1v) is 6.55. The van der Waals surface area contributed by atoms with Gasteiger partial charge < -0.3 is 5.73 Å². The quantitative estimate of drug-likeness (QED) is 0.663. The summed E-state index contributed by atoms with van der Waals surface area (Å²) in [6.45, 7) is 5.61. The molecule has 0 aromatic rings. The molecule has 1 aliphatic heterocycles. The molecule has 2 N–H and O–H groups in total. The van der Waals surface area contributed by atoms with Crippen molar-refractivity contribution in [1.82, 2.24) is 4.90 Å². The molecule has 1 heterocycles. The molecule has 0 spiro atoms. The fraction of sp³-hybridized carbons (Fsp3) is 1.00. The molecule has 3 heteroatoms. The maximum absolute atomic E-state index is 5.78. The summed E-state index contributed by atoms with van der Waals surface area (Å²) in [5, 5.41) is 0. The van der Waals surface area contributed by atoms with Gasteiger partial charge in [-0.25, -0.2) is 0 Å². The number of nitrogens with two attached hydrogens (primary N) is 1. The molecule has 0 saturated carbocycles. The van der Waals surface area contributed by atoms with Gasteiger partial charge >= 0.3 is 0 Å². The summed E-state index contributed by atoms with van der Waals surface area (Å²) in [5.74, 6) is 2.51. The highest BCUT2D eigenvalue weighted by Crippen LogP contribution is 2.15. The van der Waals surface area contributed by atoms with Crippen LogP contribution >= 0.6 is 11.8 Å². The molecule has 0 aliphatic carbocycles. The molecule has 1 saturated heterocycles. The van der Waals surface area contributed by atoms with E-state index in [1.54, 1.807) is 0 Å². The number of hydrogen-bond donors (Lipinski definition) is 1. The first kappa shape index (κ1) is 11.3. The van der Waals surface area contributed by atoms with Gasteiger partial charge in [0, 0.05) is 12.6 Å². The van der Waals surface area contributed by atoms with Crippen molar-refractivity contribution >= 4 is 11.8 Å². The Morgan fingerprint density at radius 2 is 2.08 bits per heavy atom. The Morgan fingerprint density at radius 3 is 2.62 bits per heavy atom. The van der Waals surface area contributed by atoms with Crippen LogP contribution in [0.3, 0.4) is 0 Å². The summed E-state index contributed by atoms with van der Waals surface area (Å²) in [4.78, 5) is 2.57. The summed E-state index contributed by atoms with van der Waals surface area (Å²) in [7, 11) is 0. The maximum atomic E-state index is 5.78. The van der Waals surface area contributed by atoms with Crippen LogP contribution in [0, 0.1) is 0 Å². The highest BCUT2D eigenvalue weighted by atomic mass is 32.2. The molecular weight excluding hydrogens is 180 g/mol. The van der Waals surface area contributed by atoms with E-state index in [1.807, 2.05) is 11.8 Å². The predicted molar refractivity (Wildman–Crippen MR) is 61.3 cm³/mol. The van der Waals surface area contributed by atoms with E-state index in [0.29, 0.717) is 6.04 Å². The zero-order valence-corrected chi connectivity index (χ0v) is 9.48. The third-order valence-corrected chi connectivity index (χ3v) is 3.66. The molecule has 1 aliphatic rings. The normalized spacial score (nSPS) is 20.8. The molecule has 1 atom stereocenters. The van der Waals surface area contributed by atoms with Gasteiger partial charge in [-0.1, -0.05) is 6.92 Å². The van der Waals surface area contributed by atoms with Gasteiger partial charge in [0.2, 0.25) is 0 Å². The van der Waals surface area contributed by atoms with Crippen LogP contribution in [0.2, 0.25) is 0 Å². The highest BCUT2D eigenvalue weighted by molar-refractivity contribution is 7.99. The summed E-state index contributed by atoms with van der Waals surface area (Å²) in [6.07, 6.45) is 4.02. The second-order valence-electron chi connectivity index (χ2n) is 3.62. The summed E-state index contributed by atoms with van der Waals surface area (Å²) in [5.41, 5.74) is 5.78. The zero-order valence-electron chi connectivity index (χ0n) is 8.67. The Bertz CT molecular complexity index is 124. The molecule has 13 heavy (non-hydrogen) atoms. The van der Waals surface area contributed by atoms with Gasteiger partial charge in [0.1, 0.15) is 0 Å². The number of thioether (sulfide) groups is 1. The molecule has 1 rings (SSSR count). The van der Waals surface area contributed by atoms with Crippen molar-refractivity contribution < 1.29 is 0 Å². The fourth-order valence-corrected chi connectivity index (χ4v) is 2.65. The van der Waals surface area contributed by atoms with Gasteiger partial charge in [0.15, 0.2) is 0 Å². The van der Waals surface area contributed by atoms with Crippen molar-refractivity contribution in [3.8, 4) is 0 Å². The van der Waals surface area contributed by atoms with Gasteiger partial charge in [0.25, 0.3) is 0 Å². The third-order valence-electron chi connectivity index (χ3n) is 2.73. The van der Waals surface area contributed by atoms with Crippen LogP contribution in [-0.4, -0.2) is 42.1 Å². The van der Waals surface area contributed by atoms with E-state index in [2.05, 4.69) is 11.8 Å². The molecule has 0 amide bonds. The first-order valence-electron chi connectivity index (χ1n) is 5.40. The van der Waals surface area contributed by atoms with Gasteiger partial charge in [-0.05, 0) is 43.9 Å². The Balaban J connectivity index is 2.16. The molecule has 0 bridgehead atoms. The maximum Gasteiger partial charge on any atom is 0.0226 e. The average molecular weight is 202 g/mol. The monoisotopic (exact) mass is 202 g/mol. The third kappa shape index (κ3) is 3.88. The lowest BCUT2D eigenvalue weighted by molar-refractivity contribution is 0.243. The Morgan fingerprint density at radius 1 is 1.38 bits per heavy atom. The topological polar surface area (TPSA) is 29.3 Å². The fourth-order valence-electron chi connectivity index (χ4n) is 1.92. The van der Waals surface area contributed by atoms with Gasteiger partial charge in [-0.2, -0.15) is 11.8 Å². The Kier molecular flexibility index (Phi) is 5.83. The van der Waals surface area contributed by atoms with Crippen molar-refractivity contribution in [1.29, 1.82) is 0 Å². The van der Waals surface area contributed by atoms with E-state index in [-0.39, 0.29) is 0 Å². The minimum absolute atomic E-state index is 0.654. The molecule has 1 fully saturated rings. The van der Waals surface area contributed by atoms with Crippen molar-refractivity contribution in [3.63, 3.8) is 0 Å². The van der Waals surface area contributed by atoms with Crippen LogP contribution in [-0.2, 0) is 0 Å². The Hall–Kier alpha value is 0.270. The summed E-state index contributed by atoms with van der Waals surface area (Å²) < 4.78 is 0. The highest BCUT2D eigenvalue weighted by Gasteiger charge is 2.19. The van der Waals surface area contributed by atoms with E-state index >= 15 is 0 Å². The lowest BCUT2D eigenvalue weighted by Gasteiger charge is -2.25. The molecule has 1 unspecified atom stereocenters. The smallest absolute Gasteiger partial charge is 0.0226 e. The molecule has 0 aromatic heterocycles. The van der Waals surface area contributed by atoms with E-state index in [9.17, 15) is 0 Å². The van der Waals surface area contributed by atoms with Gasteiger partial charge in [-0.15, -0.1) is 0 Å². The van der Waals surface area contributed by atoms with Gasteiger partial charge in [0.05, 0.1) is 0 Å². The lowest BCUT2D eigenvalue weighted by Crippen LogP contribution is -2.39. The second kappa shape index (κ2) is 6.68. The number of rotatable bonds is 6. The number of hydrogen-bond acceptors (Lipinski definition) is 3. The molecular formula is C10H22N2S. The van der Waals surface area contributed by atoms with E-state index in [4.69, 9.17) is 5.73 Å². The molecule has 0 aromatic carbocycles. The SMILES string of the molecule is CCSCCC(CN)N1CCCC1. The van der Waals surface area contributed by atoms with Crippen LogP contribution in [0.25, 0.3) is 0 Å². The van der Waals surface area contributed by atoms with Crippen molar-refractivity contribution in [2.45, 2.75) is 32.2 Å². The summed E-state index contributed by atoms with van der Waals surface area (Å²) >= 11 is 2.03. The number of nitrogens with zero attached hydrogens (tertiary/aromatic N) is 1. The van der Waals surface area contributed by atoms with Crippen LogP contribution in [0.15, 0.2) is 0 Å². The largest absolute Gasteiger partial charge is 0.329 e. The van der Waals surface area contributed by atoms with Crippen LogP contribution in [0.5, 0.6) is 0 Å². The van der Waals surface area contributed by atoms with Crippen molar-refractivity contribution in [3.05, 3.63) is 0 Å². The standard InChI is InChI=1S/C10H22N2S/c1-2-13-8-5-10(9-11)12-6-3-4-7-12/h10H,2-9,11H2,1H3. The van der Waals surface area contributed by atoms with E-state index in [0.717, 1.165) is 6.54 Å². The zero-order chi connectivity index (χ0) is 9.52. The Labute approximate surface area is 86.2 Å². The van der Waals surface area contributed by atoms with Crippen molar-refractivity contribution in [2.24, 2.45) is 5.73 Å². The average Bonchev–Trinajstić information content (AvgIpc) is 2.65. The van der Waals surface area contributed by atoms with Crippen LogP contribution in [0.4, 0.5) is 0 Å². The summed E-state index contributed by atoms with van der Waals surface area (Å²) in [6, 6.07) is 0.654. The lowest BCUT2D eigenvalue weighted by atomic mass is 10.2. The first-order chi connectivity index (χ1) is 6.38. The van der Waals surface area contributed by atoms with E-state index in [1.165, 1.54) is 43.9 Å². The minimum Gasteiger partial charge on any atom is -0.329 e. The van der Waals surface area contributed by atoms with Crippen LogP contribution < -0.4 is 5.73 Å². The molecule has 0 radical (unpaired) electrons. The minimum atomic E-state index is 0.654. The molecule has 78 valence electrons. The van der Waals surface area contributed by atoms with E-state index < -0.39 is 0 Å². The molecule has 2 nitrogen and oxygen atoms in total. The van der Waals surface area contributed by atoms with Crippen molar-refractivity contribution in [2.75, 3.05) is 31.1 Å². The second-order valence-corrected chi connectivity index (χ2v) is 5.01. The van der Waals surface area contributed by atoms with Crippen LogP contribution in [0.1, 0.15) is 26.2 Å². The predicted octanol–water partition coefficient (Wildman–Crippen LogP) is 1.55. The number of likely N-dealkylation sites (tertiary alicyclic amines) is 1. The van der Waals surface area contributed by atoms with Gasteiger partial charge in [-0.3, -0.25) is 4.90 Å².